The van der Waals surface area contributed by atoms with Crippen LogP contribution >= 0.6 is 15.9 Å². The van der Waals surface area contributed by atoms with Crippen LogP contribution in [0.1, 0.15) is 15.9 Å². The van der Waals surface area contributed by atoms with E-state index < -0.39 is 0 Å². The molecule has 0 saturated heterocycles. The van der Waals surface area contributed by atoms with Crippen molar-refractivity contribution in [1.29, 1.82) is 0 Å². The lowest BCUT2D eigenvalue weighted by atomic mass is 10.1. The fourth-order valence-corrected chi connectivity index (χ4v) is 3.60. The third-order valence-corrected chi connectivity index (χ3v) is 5.13. The first-order chi connectivity index (χ1) is 12.6. The quantitative estimate of drug-likeness (QED) is 0.384. The average Bonchev–Trinajstić information content (AvgIpc) is 2.95. The molecule has 0 saturated carbocycles. The second-order valence-corrected chi connectivity index (χ2v) is 6.89. The fourth-order valence-electron chi connectivity index (χ4n) is 3.14. The van der Waals surface area contributed by atoms with Crippen molar-refractivity contribution in [2.75, 3.05) is 0 Å². The van der Waals surface area contributed by atoms with Gasteiger partial charge in [-0.3, -0.25) is 4.79 Å². The predicted octanol–water partition coefficient (Wildman–Crippen LogP) is 4.86. The van der Waals surface area contributed by atoms with Gasteiger partial charge in [-0.1, -0.05) is 36.4 Å². The van der Waals surface area contributed by atoms with E-state index in [-0.39, 0.29) is 5.91 Å². The molecule has 4 aromatic rings. The van der Waals surface area contributed by atoms with Crippen molar-refractivity contribution in [2.45, 2.75) is 0 Å². The average molecular weight is 406 g/mol. The zero-order valence-electron chi connectivity index (χ0n) is 14.1. The molecule has 0 bridgehead atoms. The molecule has 1 N–H and O–H groups in total. The number of carbonyl (C=O) groups is 1. The minimum atomic E-state index is -0.250. The Bertz CT molecular complexity index is 1160. The number of rotatable bonds is 3. The topological polar surface area (TPSA) is 46.4 Å². The van der Waals surface area contributed by atoms with Gasteiger partial charge in [0.1, 0.15) is 0 Å². The zero-order chi connectivity index (χ0) is 18.1. The van der Waals surface area contributed by atoms with Gasteiger partial charge in [-0.05, 0) is 51.8 Å². The summed E-state index contributed by atoms with van der Waals surface area (Å²) in [5, 5.41) is 6.48. The summed E-state index contributed by atoms with van der Waals surface area (Å²) in [5.74, 6) is -0.250. The third kappa shape index (κ3) is 2.91. The number of benzene rings is 3. The maximum absolute atomic E-state index is 12.2. The van der Waals surface area contributed by atoms with Crippen LogP contribution in [0.2, 0.25) is 0 Å². The van der Waals surface area contributed by atoms with E-state index in [0.29, 0.717) is 5.56 Å². The molecular weight excluding hydrogens is 390 g/mol. The Labute approximate surface area is 159 Å². The van der Waals surface area contributed by atoms with Gasteiger partial charge in [-0.2, -0.15) is 5.10 Å². The van der Waals surface area contributed by atoms with Crippen LogP contribution in [-0.2, 0) is 7.05 Å². The van der Waals surface area contributed by atoms with Gasteiger partial charge in [-0.15, -0.1) is 0 Å². The Hall–Kier alpha value is -2.92. The second-order valence-electron chi connectivity index (χ2n) is 6.03. The molecule has 4 rings (SSSR count). The number of amides is 1. The molecule has 0 radical (unpaired) electrons. The van der Waals surface area contributed by atoms with E-state index in [4.69, 9.17) is 0 Å². The van der Waals surface area contributed by atoms with Crippen LogP contribution in [0.5, 0.6) is 0 Å². The highest BCUT2D eigenvalue weighted by Gasteiger charge is 2.09. The highest BCUT2D eigenvalue weighted by Crippen LogP contribution is 2.28. The minimum absolute atomic E-state index is 0.250. The van der Waals surface area contributed by atoms with Gasteiger partial charge in [0.15, 0.2) is 0 Å². The molecule has 1 amide bonds. The van der Waals surface area contributed by atoms with Crippen LogP contribution in [-0.4, -0.2) is 16.7 Å². The zero-order valence-corrected chi connectivity index (χ0v) is 15.7. The third-order valence-electron chi connectivity index (χ3n) is 4.44. The molecule has 0 aliphatic heterocycles. The summed E-state index contributed by atoms with van der Waals surface area (Å²) in [7, 11) is 2.07. The van der Waals surface area contributed by atoms with Gasteiger partial charge < -0.3 is 4.57 Å². The van der Waals surface area contributed by atoms with Crippen molar-refractivity contribution < 1.29 is 4.79 Å². The lowest BCUT2D eigenvalue weighted by Crippen LogP contribution is -2.18. The van der Waals surface area contributed by atoms with Gasteiger partial charge in [0.2, 0.25) is 0 Å². The number of nitrogens with zero attached hydrogens (tertiary/aromatic N) is 2. The van der Waals surface area contributed by atoms with E-state index in [1.165, 1.54) is 21.8 Å². The van der Waals surface area contributed by atoms with Crippen LogP contribution in [0.15, 0.2) is 76.3 Å². The van der Waals surface area contributed by atoms with Crippen LogP contribution in [0.4, 0.5) is 0 Å². The van der Waals surface area contributed by atoms with Gasteiger partial charge in [-0.25, -0.2) is 5.43 Å². The summed E-state index contributed by atoms with van der Waals surface area (Å²) in [6.45, 7) is 0. The number of aromatic nitrogens is 1. The largest absolute Gasteiger partial charge is 0.344 e. The molecular formula is C21H16BrN3O. The Morgan fingerprint density at radius 3 is 2.58 bits per heavy atom. The number of hydrazone groups is 1. The lowest BCUT2D eigenvalue weighted by molar-refractivity contribution is 0.0954. The molecule has 0 aliphatic rings. The smallest absolute Gasteiger partial charge is 0.272 e. The van der Waals surface area contributed by atoms with Crippen LogP contribution in [0, 0.1) is 0 Å². The van der Waals surface area contributed by atoms with Crippen molar-refractivity contribution in [3.63, 3.8) is 0 Å². The van der Waals surface area contributed by atoms with Crippen molar-refractivity contribution >= 4 is 49.9 Å². The first-order valence-electron chi connectivity index (χ1n) is 8.20. The van der Waals surface area contributed by atoms with Gasteiger partial charge in [0.05, 0.1) is 11.8 Å². The number of hydrogen-bond donors (Lipinski definition) is 1. The first-order valence-corrected chi connectivity index (χ1v) is 8.99. The molecule has 0 unspecified atom stereocenters. The lowest BCUT2D eigenvalue weighted by Gasteiger charge is -2.02. The molecule has 0 aliphatic carbocycles. The number of carbonyl (C=O) groups excluding carboxylic acids is 1. The molecule has 128 valence electrons. The Morgan fingerprint density at radius 1 is 1.00 bits per heavy atom. The Morgan fingerprint density at radius 2 is 1.73 bits per heavy atom. The van der Waals surface area contributed by atoms with Crippen molar-refractivity contribution in [3.8, 4) is 0 Å². The van der Waals surface area contributed by atoms with E-state index in [0.717, 1.165) is 10.0 Å². The number of aryl methyl sites for hydroxylation is 1. The summed E-state index contributed by atoms with van der Waals surface area (Å²) < 4.78 is 2.92. The monoisotopic (exact) mass is 405 g/mol. The molecule has 26 heavy (non-hydrogen) atoms. The van der Waals surface area contributed by atoms with Crippen molar-refractivity contribution in [1.82, 2.24) is 9.99 Å². The van der Waals surface area contributed by atoms with Crippen molar-refractivity contribution in [3.05, 3.63) is 82.3 Å². The van der Waals surface area contributed by atoms with Gasteiger partial charge in [0.25, 0.3) is 5.91 Å². The molecule has 5 heteroatoms. The van der Waals surface area contributed by atoms with Crippen molar-refractivity contribution in [2.24, 2.45) is 12.1 Å². The fraction of sp³-hybridized carbons (Fsp3) is 0.0476. The predicted molar refractivity (Wildman–Crippen MR) is 110 cm³/mol. The number of fused-ring (bicyclic) bond motifs is 3. The molecule has 1 aromatic heterocycles. The summed E-state index contributed by atoms with van der Waals surface area (Å²) in [4.78, 5) is 12.2. The number of halogens is 1. The van der Waals surface area contributed by atoms with Crippen LogP contribution in [0.25, 0.3) is 21.8 Å². The molecule has 0 atom stereocenters. The number of para-hydroxylation sites is 1. The van der Waals surface area contributed by atoms with E-state index >= 15 is 0 Å². The highest BCUT2D eigenvalue weighted by molar-refractivity contribution is 9.10. The maximum Gasteiger partial charge on any atom is 0.272 e. The van der Waals surface area contributed by atoms with Crippen LogP contribution in [0.3, 0.4) is 0 Å². The molecule has 0 spiro atoms. The molecule has 1 heterocycles. The van der Waals surface area contributed by atoms with Gasteiger partial charge in [0, 0.05) is 33.3 Å². The second kappa shape index (κ2) is 6.77. The normalized spacial score (nSPS) is 11.5. The number of nitrogens with one attached hydrogen (secondary N) is 1. The minimum Gasteiger partial charge on any atom is -0.344 e. The first kappa shape index (κ1) is 16.5. The SMILES string of the molecule is Cn1c2ccccc2c2cc(/C=N/NC(=O)c3ccccc3Br)ccc21. The Balaban J connectivity index is 1.61. The van der Waals surface area contributed by atoms with E-state index in [9.17, 15) is 4.79 Å². The number of hydrogen-bond acceptors (Lipinski definition) is 2. The summed E-state index contributed by atoms with van der Waals surface area (Å²) in [6.07, 6.45) is 1.66. The molecule has 3 aromatic carbocycles. The standard InChI is InChI=1S/C21H16BrN3O/c1-25-19-9-5-3-6-15(19)17-12-14(10-11-20(17)25)13-23-24-21(26)16-7-2-4-8-18(16)22/h2-13H,1H3,(H,24,26)/b23-13+. The van der Waals surface area contributed by atoms with Gasteiger partial charge >= 0.3 is 0 Å². The van der Waals surface area contributed by atoms with E-state index in [1.54, 1.807) is 12.3 Å². The molecule has 4 nitrogen and oxygen atoms in total. The summed E-state index contributed by atoms with van der Waals surface area (Å²) >= 11 is 3.37. The van der Waals surface area contributed by atoms with E-state index in [2.05, 4.69) is 62.3 Å². The molecule has 0 fully saturated rings. The summed E-state index contributed by atoms with van der Waals surface area (Å²) in [5.41, 5.74) is 6.42. The Kier molecular flexibility index (Phi) is 4.31. The summed E-state index contributed by atoms with van der Waals surface area (Å²) in [6, 6.07) is 21.7. The maximum atomic E-state index is 12.2. The highest BCUT2D eigenvalue weighted by atomic mass is 79.9. The van der Waals surface area contributed by atoms with Crippen LogP contribution < -0.4 is 5.43 Å². The van der Waals surface area contributed by atoms with E-state index in [1.807, 2.05) is 36.4 Å².